The number of hydrogen-bond acceptors (Lipinski definition) is 4. The van der Waals surface area contributed by atoms with Gasteiger partial charge in [0.1, 0.15) is 5.82 Å². The molecule has 0 spiro atoms. The number of ether oxygens (including phenoxy) is 2. The maximum Gasteiger partial charge on any atom is 0.190 e. The van der Waals surface area contributed by atoms with Crippen molar-refractivity contribution in [3.05, 3.63) is 30.1 Å². The standard InChI is InChI=1S/C20H31N5O2/c1-21-20(23-12-6-13-26-15-16-7-5-14-27-16)22-11-4-10-19-24-17-8-2-3-9-18(17)25-19/h2-3,8-9,16H,4-7,10-15H2,1H3,(H,24,25)(H2,21,22,23). The highest BCUT2D eigenvalue weighted by Gasteiger charge is 2.14. The van der Waals surface area contributed by atoms with E-state index in [9.17, 15) is 0 Å². The van der Waals surface area contributed by atoms with Crippen LogP contribution in [0.1, 0.15) is 31.5 Å². The lowest BCUT2D eigenvalue weighted by molar-refractivity contribution is 0.0168. The average molecular weight is 374 g/mol. The van der Waals surface area contributed by atoms with Crippen LogP contribution in [0.4, 0.5) is 0 Å². The first kappa shape index (κ1) is 19.6. The Hall–Kier alpha value is -2.12. The van der Waals surface area contributed by atoms with E-state index in [4.69, 9.17) is 9.47 Å². The zero-order valence-electron chi connectivity index (χ0n) is 16.2. The molecule has 2 aromatic rings. The van der Waals surface area contributed by atoms with Crippen molar-refractivity contribution in [2.45, 2.75) is 38.2 Å². The van der Waals surface area contributed by atoms with Gasteiger partial charge in [-0.25, -0.2) is 4.98 Å². The third-order valence-corrected chi connectivity index (χ3v) is 4.63. The van der Waals surface area contributed by atoms with Crippen molar-refractivity contribution in [2.24, 2.45) is 4.99 Å². The van der Waals surface area contributed by atoms with Gasteiger partial charge in [0.25, 0.3) is 0 Å². The second kappa shape index (κ2) is 10.9. The van der Waals surface area contributed by atoms with Crippen LogP contribution in [0.15, 0.2) is 29.3 Å². The Balaban J connectivity index is 1.23. The Labute approximate surface area is 161 Å². The summed E-state index contributed by atoms with van der Waals surface area (Å²) in [6.07, 6.45) is 5.45. The second-order valence-electron chi connectivity index (χ2n) is 6.79. The molecule has 1 aliphatic rings. The molecule has 0 bridgehead atoms. The van der Waals surface area contributed by atoms with Gasteiger partial charge in [0.05, 0.1) is 23.7 Å². The number of guanidine groups is 1. The van der Waals surface area contributed by atoms with Crippen LogP contribution in [-0.2, 0) is 15.9 Å². The van der Waals surface area contributed by atoms with Gasteiger partial charge in [-0.05, 0) is 37.8 Å². The normalized spacial score (nSPS) is 17.5. The average Bonchev–Trinajstić information content (AvgIpc) is 3.35. The number of fused-ring (bicyclic) bond motifs is 1. The Morgan fingerprint density at radius 2 is 2.15 bits per heavy atom. The third kappa shape index (κ3) is 6.52. The monoisotopic (exact) mass is 373 g/mol. The predicted octanol–water partition coefficient (Wildman–Crippen LogP) is 2.25. The first-order valence-electron chi connectivity index (χ1n) is 9.92. The Kier molecular flexibility index (Phi) is 7.92. The first-order chi connectivity index (χ1) is 13.3. The van der Waals surface area contributed by atoms with Gasteiger partial charge in [-0.15, -0.1) is 0 Å². The molecule has 27 heavy (non-hydrogen) atoms. The molecular formula is C20H31N5O2. The van der Waals surface area contributed by atoms with Crippen LogP contribution in [0.3, 0.4) is 0 Å². The molecule has 1 unspecified atom stereocenters. The van der Waals surface area contributed by atoms with Crippen LogP contribution >= 0.6 is 0 Å². The fraction of sp³-hybridized carbons (Fsp3) is 0.600. The van der Waals surface area contributed by atoms with Crippen LogP contribution in [0.25, 0.3) is 11.0 Å². The van der Waals surface area contributed by atoms with Gasteiger partial charge in [0.2, 0.25) is 0 Å². The molecule has 1 aromatic heterocycles. The lowest BCUT2D eigenvalue weighted by atomic mass is 10.2. The van der Waals surface area contributed by atoms with E-state index < -0.39 is 0 Å². The van der Waals surface area contributed by atoms with E-state index in [-0.39, 0.29) is 0 Å². The summed E-state index contributed by atoms with van der Waals surface area (Å²) in [4.78, 5) is 12.2. The molecule has 0 saturated carbocycles. The number of aliphatic imine (C=N–C) groups is 1. The molecule has 3 N–H and O–H groups in total. The summed E-state index contributed by atoms with van der Waals surface area (Å²) in [6.45, 7) is 4.04. The van der Waals surface area contributed by atoms with Crippen molar-refractivity contribution in [2.75, 3.05) is 40.0 Å². The van der Waals surface area contributed by atoms with E-state index >= 15 is 0 Å². The zero-order valence-corrected chi connectivity index (χ0v) is 16.2. The molecule has 1 fully saturated rings. The number of para-hydroxylation sites is 2. The Morgan fingerprint density at radius 3 is 2.93 bits per heavy atom. The highest BCUT2D eigenvalue weighted by Crippen LogP contribution is 2.12. The van der Waals surface area contributed by atoms with Crippen LogP contribution in [0, 0.1) is 0 Å². The van der Waals surface area contributed by atoms with E-state index in [0.717, 1.165) is 87.8 Å². The van der Waals surface area contributed by atoms with Crippen molar-refractivity contribution >= 4 is 17.0 Å². The Morgan fingerprint density at radius 1 is 1.30 bits per heavy atom. The van der Waals surface area contributed by atoms with Gasteiger partial charge in [0.15, 0.2) is 5.96 Å². The summed E-state index contributed by atoms with van der Waals surface area (Å²) < 4.78 is 11.2. The van der Waals surface area contributed by atoms with Crippen molar-refractivity contribution in [3.8, 4) is 0 Å². The molecule has 0 amide bonds. The third-order valence-electron chi connectivity index (χ3n) is 4.63. The largest absolute Gasteiger partial charge is 0.379 e. The maximum absolute atomic E-state index is 5.67. The number of nitrogens with one attached hydrogen (secondary N) is 3. The number of rotatable bonds is 10. The number of hydrogen-bond donors (Lipinski definition) is 3. The molecule has 1 saturated heterocycles. The number of H-pyrrole nitrogens is 1. The highest BCUT2D eigenvalue weighted by atomic mass is 16.5. The number of imidazole rings is 1. The van der Waals surface area contributed by atoms with Gasteiger partial charge >= 0.3 is 0 Å². The minimum atomic E-state index is 0.305. The van der Waals surface area contributed by atoms with Crippen LogP contribution < -0.4 is 10.6 Å². The maximum atomic E-state index is 5.67. The number of aryl methyl sites for hydroxylation is 1. The van der Waals surface area contributed by atoms with E-state index in [0.29, 0.717) is 6.10 Å². The summed E-state index contributed by atoms with van der Waals surface area (Å²) >= 11 is 0. The minimum Gasteiger partial charge on any atom is -0.379 e. The molecule has 7 nitrogen and oxygen atoms in total. The molecule has 1 aliphatic heterocycles. The summed E-state index contributed by atoms with van der Waals surface area (Å²) in [5.74, 6) is 1.86. The van der Waals surface area contributed by atoms with Crippen molar-refractivity contribution in [1.82, 2.24) is 20.6 Å². The smallest absolute Gasteiger partial charge is 0.190 e. The van der Waals surface area contributed by atoms with Gasteiger partial charge in [-0.2, -0.15) is 0 Å². The van der Waals surface area contributed by atoms with Crippen LogP contribution in [0.5, 0.6) is 0 Å². The molecule has 7 heteroatoms. The number of nitrogens with zero attached hydrogens (tertiary/aromatic N) is 2. The van der Waals surface area contributed by atoms with Crippen molar-refractivity contribution < 1.29 is 9.47 Å². The SMILES string of the molecule is CN=C(NCCCOCC1CCCO1)NCCCc1nc2ccccc2[nH]1. The van der Waals surface area contributed by atoms with E-state index in [1.807, 2.05) is 18.2 Å². The summed E-state index contributed by atoms with van der Waals surface area (Å²) in [5.41, 5.74) is 2.12. The first-order valence-corrected chi connectivity index (χ1v) is 9.92. The van der Waals surface area contributed by atoms with Crippen molar-refractivity contribution in [3.63, 3.8) is 0 Å². The molecular weight excluding hydrogens is 342 g/mol. The van der Waals surface area contributed by atoms with Gasteiger partial charge in [-0.3, -0.25) is 4.99 Å². The summed E-state index contributed by atoms with van der Waals surface area (Å²) in [7, 11) is 1.79. The lowest BCUT2D eigenvalue weighted by Gasteiger charge is -2.12. The number of benzene rings is 1. The van der Waals surface area contributed by atoms with E-state index in [1.165, 1.54) is 0 Å². The quantitative estimate of drug-likeness (QED) is 0.338. The number of aromatic nitrogens is 2. The number of aromatic amines is 1. The Bertz CT molecular complexity index is 676. The van der Waals surface area contributed by atoms with Crippen LogP contribution in [0.2, 0.25) is 0 Å². The summed E-state index contributed by atoms with van der Waals surface area (Å²) in [5, 5.41) is 6.67. The molecule has 3 rings (SSSR count). The topological polar surface area (TPSA) is 83.6 Å². The lowest BCUT2D eigenvalue weighted by Crippen LogP contribution is -2.38. The summed E-state index contributed by atoms with van der Waals surface area (Å²) in [6, 6.07) is 8.12. The molecule has 2 heterocycles. The van der Waals surface area contributed by atoms with E-state index in [1.54, 1.807) is 7.05 Å². The fourth-order valence-corrected chi connectivity index (χ4v) is 3.18. The van der Waals surface area contributed by atoms with Gasteiger partial charge < -0.3 is 25.1 Å². The van der Waals surface area contributed by atoms with Gasteiger partial charge in [0, 0.05) is 39.8 Å². The van der Waals surface area contributed by atoms with Gasteiger partial charge in [-0.1, -0.05) is 12.1 Å². The van der Waals surface area contributed by atoms with Crippen molar-refractivity contribution in [1.29, 1.82) is 0 Å². The zero-order chi connectivity index (χ0) is 18.7. The second-order valence-corrected chi connectivity index (χ2v) is 6.79. The molecule has 1 aromatic carbocycles. The van der Waals surface area contributed by atoms with Crippen LogP contribution in [-0.4, -0.2) is 62.0 Å². The fourth-order valence-electron chi connectivity index (χ4n) is 3.18. The minimum absolute atomic E-state index is 0.305. The predicted molar refractivity (Wildman–Crippen MR) is 108 cm³/mol. The molecule has 0 aliphatic carbocycles. The highest BCUT2D eigenvalue weighted by molar-refractivity contribution is 5.79. The van der Waals surface area contributed by atoms with E-state index in [2.05, 4.69) is 31.7 Å². The molecule has 1 atom stereocenters. The molecule has 148 valence electrons. The molecule has 0 radical (unpaired) electrons.